The molecule has 1 N–H and O–H groups in total. The van der Waals surface area contributed by atoms with Crippen LogP contribution >= 0.6 is 0 Å². The molecular weight excluding hydrogens is 294 g/mol. The van der Waals surface area contributed by atoms with E-state index in [4.69, 9.17) is 9.84 Å². The smallest absolute Gasteiger partial charge is 0.407 e. The highest BCUT2D eigenvalue weighted by atomic mass is 19.1. The number of amides is 1. The number of benzene rings is 1. The standard InChI is InChI=1S/C15H12F2N2O3/c16-10-1-4-12(5-2-10)22-15(8-19(9-15)14(20)21)13-6-3-11(17)7-18-13/h1-7H,8-9H2,(H,20,21). The van der Waals surface area contributed by atoms with Crippen molar-refractivity contribution in [3.8, 4) is 5.75 Å². The van der Waals surface area contributed by atoms with Crippen LogP contribution in [0.3, 0.4) is 0 Å². The largest absolute Gasteiger partial charge is 0.477 e. The summed E-state index contributed by atoms with van der Waals surface area (Å²) in [5, 5.41) is 9.00. The second-order valence-electron chi connectivity index (χ2n) is 5.05. The molecule has 114 valence electrons. The molecule has 2 heterocycles. The summed E-state index contributed by atoms with van der Waals surface area (Å²) in [6.07, 6.45) is -0.0189. The number of nitrogens with zero attached hydrogens (tertiary/aromatic N) is 2. The molecule has 2 aromatic rings. The molecule has 0 atom stereocenters. The molecule has 3 rings (SSSR count). The lowest BCUT2D eigenvalue weighted by atomic mass is 9.89. The number of carbonyl (C=O) groups is 1. The van der Waals surface area contributed by atoms with Crippen molar-refractivity contribution in [2.45, 2.75) is 5.60 Å². The summed E-state index contributed by atoms with van der Waals surface area (Å²) < 4.78 is 31.8. The number of aromatic nitrogens is 1. The second-order valence-corrected chi connectivity index (χ2v) is 5.05. The van der Waals surface area contributed by atoms with E-state index in [-0.39, 0.29) is 13.1 Å². The van der Waals surface area contributed by atoms with Gasteiger partial charge in [0.05, 0.1) is 25.0 Å². The van der Waals surface area contributed by atoms with Gasteiger partial charge in [-0.05, 0) is 36.4 Å². The minimum Gasteiger partial charge on any atom is -0.477 e. The maximum atomic E-state index is 13.0. The fourth-order valence-corrected chi connectivity index (χ4v) is 2.36. The first-order valence-electron chi connectivity index (χ1n) is 6.53. The molecule has 1 amide bonds. The third-order valence-corrected chi connectivity index (χ3v) is 3.48. The number of carboxylic acid groups (broad SMARTS) is 1. The van der Waals surface area contributed by atoms with Crippen LogP contribution in [0.25, 0.3) is 0 Å². The zero-order chi connectivity index (χ0) is 15.7. The summed E-state index contributed by atoms with van der Waals surface area (Å²) in [6, 6.07) is 8.08. The zero-order valence-corrected chi connectivity index (χ0v) is 11.4. The van der Waals surface area contributed by atoms with E-state index in [9.17, 15) is 13.6 Å². The van der Waals surface area contributed by atoms with Gasteiger partial charge < -0.3 is 9.84 Å². The molecule has 1 fully saturated rings. The number of likely N-dealkylation sites (tertiary alicyclic amines) is 1. The van der Waals surface area contributed by atoms with Crippen molar-refractivity contribution >= 4 is 6.09 Å². The lowest BCUT2D eigenvalue weighted by Gasteiger charge is -2.47. The van der Waals surface area contributed by atoms with Gasteiger partial charge in [0, 0.05) is 0 Å². The van der Waals surface area contributed by atoms with Crippen LogP contribution < -0.4 is 4.74 Å². The van der Waals surface area contributed by atoms with E-state index >= 15 is 0 Å². The van der Waals surface area contributed by atoms with Gasteiger partial charge in [-0.15, -0.1) is 0 Å². The predicted molar refractivity (Wildman–Crippen MR) is 72.5 cm³/mol. The third kappa shape index (κ3) is 2.57. The van der Waals surface area contributed by atoms with Crippen molar-refractivity contribution in [2.75, 3.05) is 13.1 Å². The predicted octanol–water partition coefficient (Wildman–Crippen LogP) is 2.63. The summed E-state index contributed by atoms with van der Waals surface area (Å²) in [7, 11) is 0. The number of ether oxygens (including phenoxy) is 1. The van der Waals surface area contributed by atoms with Crippen LogP contribution in [0.1, 0.15) is 5.69 Å². The molecule has 1 aliphatic rings. The van der Waals surface area contributed by atoms with E-state index in [2.05, 4.69) is 4.98 Å². The molecule has 5 nitrogen and oxygen atoms in total. The lowest BCUT2D eigenvalue weighted by molar-refractivity contribution is -0.0723. The topological polar surface area (TPSA) is 62.7 Å². The fourth-order valence-electron chi connectivity index (χ4n) is 2.36. The number of hydrogen-bond acceptors (Lipinski definition) is 3. The average Bonchev–Trinajstić information content (AvgIpc) is 2.45. The van der Waals surface area contributed by atoms with Gasteiger partial charge in [0.15, 0.2) is 5.60 Å². The highest BCUT2D eigenvalue weighted by Crippen LogP contribution is 2.36. The molecule has 1 aliphatic heterocycles. The van der Waals surface area contributed by atoms with Crippen molar-refractivity contribution < 1.29 is 23.4 Å². The molecule has 0 saturated carbocycles. The van der Waals surface area contributed by atoms with Crippen LogP contribution in [0.15, 0.2) is 42.6 Å². The van der Waals surface area contributed by atoms with Crippen LogP contribution in [-0.4, -0.2) is 34.2 Å². The van der Waals surface area contributed by atoms with Crippen molar-refractivity contribution in [3.05, 3.63) is 59.9 Å². The van der Waals surface area contributed by atoms with E-state index in [1.165, 1.54) is 36.4 Å². The van der Waals surface area contributed by atoms with Crippen molar-refractivity contribution in [1.82, 2.24) is 9.88 Å². The molecule has 1 saturated heterocycles. The van der Waals surface area contributed by atoms with Gasteiger partial charge in [-0.1, -0.05) is 0 Å². The quantitative estimate of drug-likeness (QED) is 0.947. The molecule has 0 unspecified atom stereocenters. The van der Waals surface area contributed by atoms with Crippen molar-refractivity contribution in [2.24, 2.45) is 0 Å². The molecule has 0 radical (unpaired) electrons. The molecular formula is C15H12F2N2O3. The van der Waals surface area contributed by atoms with Gasteiger partial charge >= 0.3 is 6.09 Å². The summed E-state index contributed by atoms with van der Waals surface area (Å²) >= 11 is 0. The molecule has 22 heavy (non-hydrogen) atoms. The van der Waals surface area contributed by atoms with Gasteiger partial charge in [-0.2, -0.15) is 0 Å². The Hall–Kier alpha value is -2.70. The summed E-state index contributed by atoms with van der Waals surface area (Å²) in [5.74, 6) is -0.505. The van der Waals surface area contributed by atoms with E-state index in [0.717, 1.165) is 11.1 Å². The highest BCUT2D eigenvalue weighted by molar-refractivity contribution is 5.67. The summed E-state index contributed by atoms with van der Waals surface area (Å²) in [4.78, 5) is 16.1. The van der Waals surface area contributed by atoms with Gasteiger partial charge in [0.1, 0.15) is 17.4 Å². The second kappa shape index (κ2) is 5.25. The first-order valence-corrected chi connectivity index (χ1v) is 6.53. The minimum absolute atomic E-state index is 0.0678. The van der Waals surface area contributed by atoms with E-state index < -0.39 is 23.3 Å². The number of pyridine rings is 1. The molecule has 0 aliphatic carbocycles. The number of halogens is 2. The molecule has 0 bridgehead atoms. The average molecular weight is 306 g/mol. The Labute approximate surface area is 124 Å². The van der Waals surface area contributed by atoms with Crippen LogP contribution in [0.2, 0.25) is 0 Å². The summed E-state index contributed by atoms with van der Waals surface area (Å²) in [5.41, 5.74) is -0.570. The molecule has 0 spiro atoms. The van der Waals surface area contributed by atoms with E-state index in [0.29, 0.717) is 11.4 Å². The Balaban J connectivity index is 1.89. The first-order chi connectivity index (χ1) is 10.5. The van der Waals surface area contributed by atoms with Crippen LogP contribution in [0.5, 0.6) is 5.75 Å². The maximum Gasteiger partial charge on any atom is 0.407 e. The van der Waals surface area contributed by atoms with Crippen molar-refractivity contribution in [1.29, 1.82) is 0 Å². The van der Waals surface area contributed by atoms with E-state index in [1.807, 2.05) is 0 Å². The van der Waals surface area contributed by atoms with Crippen LogP contribution in [0.4, 0.5) is 13.6 Å². The van der Waals surface area contributed by atoms with Gasteiger partial charge in [-0.3, -0.25) is 9.88 Å². The van der Waals surface area contributed by atoms with Crippen LogP contribution in [-0.2, 0) is 5.60 Å². The summed E-state index contributed by atoms with van der Waals surface area (Å²) in [6.45, 7) is 0.136. The Kier molecular flexibility index (Phi) is 3.40. The van der Waals surface area contributed by atoms with Gasteiger partial charge in [0.25, 0.3) is 0 Å². The Morgan fingerprint density at radius 2 is 1.77 bits per heavy atom. The SMILES string of the molecule is O=C(O)N1CC(Oc2ccc(F)cc2)(c2ccc(F)cn2)C1. The van der Waals surface area contributed by atoms with Gasteiger partial charge in [-0.25, -0.2) is 13.6 Å². The highest BCUT2D eigenvalue weighted by Gasteiger charge is 2.50. The zero-order valence-electron chi connectivity index (χ0n) is 11.4. The monoisotopic (exact) mass is 306 g/mol. The molecule has 7 heteroatoms. The fraction of sp³-hybridized carbons (Fsp3) is 0.200. The van der Waals surface area contributed by atoms with Crippen LogP contribution in [0, 0.1) is 11.6 Å². The lowest BCUT2D eigenvalue weighted by Crippen LogP contribution is -2.64. The van der Waals surface area contributed by atoms with E-state index in [1.54, 1.807) is 0 Å². The minimum atomic E-state index is -1.07. The molecule has 1 aromatic heterocycles. The first kappa shape index (κ1) is 14.2. The third-order valence-electron chi connectivity index (χ3n) is 3.48. The van der Waals surface area contributed by atoms with Crippen molar-refractivity contribution in [3.63, 3.8) is 0 Å². The molecule has 1 aromatic carbocycles. The Morgan fingerprint density at radius 1 is 1.14 bits per heavy atom. The van der Waals surface area contributed by atoms with Gasteiger partial charge in [0.2, 0.25) is 0 Å². The Bertz CT molecular complexity index is 683. The normalized spacial score (nSPS) is 16.0. The Morgan fingerprint density at radius 3 is 2.32 bits per heavy atom. The number of hydrogen-bond donors (Lipinski definition) is 1. The maximum absolute atomic E-state index is 13.0. The number of rotatable bonds is 3.